The SMILES string of the molecule is COc1ccc2oc(Nc3nc4ccc([N+](=O)[O-])cc4s3)nc2c1. The van der Waals surface area contributed by atoms with Gasteiger partial charge in [0.25, 0.3) is 5.69 Å². The summed E-state index contributed by atoms with van der Waals surface area (Å²) in [5.41, 5.74) is 1.99. The zero-order valence-corrected chi connectivity index (χ0v) is 13.2. The number of hydrogen-bond acceptors (Lipinski definition) is 8. The van der Waals surface area contributed by atoms with Crippen LogP contribution in [-0.4, -0.2) is 22.0 Å². The van der Waals surface area contributed by atoms with E-state index >= 15 is 0 Å². The van der Waals surface area contributed by atoms with Gasteiger partial charge in [-0.2, -0.15) is 4.98 Å². The maximum Gasteiger partial charge on any atom is 0.302 e. The van der Waals surface area contributed by atoms with Crippen LogP contribution in [0.25, 0.3) is 21.3 Å². The Bertz CT molecular complexity index is 1070. The number of nitro benzene ring substituents is 1. The molecule has 0 unspecified atom stereocenters. The maximum atomic E-state index is 10.8. The third-order valence-corrected chi connectivity index (χ3v) is 4.33. The van der Waals surface area contributed by atoms with E-state index in [4.69, 9.17) is 9.15 Å². The number of rotatable bonds is 4. The minimum atomic E-state index is -0.430. The Morgan fingerprint density at radius 3 is 2.88 bits per heavy atom. The molecule has 4 rings (SSSR count). The van der Waals surface area contributed by atoms with Gasteiger partial charge >= 0.3 is 6.01 Å². The fraction of sp³-hybridized carbons (Fsp3) is 0.0667. The van der Waals surface area contributed by atoms with Gasteiger partial charge in [0.1, 0.15) is 11.3 Å². The number of benzene rings is 2. The van der Waals surface area contributed by atoms with Crippen molar-refractivity contribution in [2.24, 2.45) is 0 Å². The highest BCUT2D eigenvalue weighted by Crippen LogP contribution is 2.32. The topological polar surface area (TPSA) is 103 Å². The van der Waals surface area contributed by atoms with E-state index in [-0.39, 0.29) is 5.69 Å². The van der Waals surface area contributed by atoms with Gasteiger partial charge in [0.05, 0.1) is 22.2 Å². The van der Waals surface area contributed by atoms with Crippen LogP contribution in [0.1, 0.15) is 0 Å². The monoisotopic (exact) mass is 342 g/mol. The average Bonchev–Trinajstić information content (AvgIpc) is 3.15. The van der Waals surface area contributed by atoms with Crippen LogP contribution < -0.4 is 10.1 Å². The first-order valence-corrected chi connectivity index (χ1v) is 7.70. The van der Waals surface area contributed by atoms with Crippen LogP contribution in [0.3, 0.4) is 0 Å². The van der Waals surface area contributed by atoms with Crippen molar-refractivity contribution >= 4 is 49.5 Å². The average molecular weight is 342 g/mol. The van der Waals surface area contributed by atoms with Gasteiger partial charge in [-0.3, -0.25) is 15.4 Å². The number of hydrogen-bond donors (Lipinski definition) is 1. The van der Waals surface area contributed by atoms with E-state index in [1.807, 2.05) is 0 Å². The summed E-state index contributed by atoms with van der Waals surface area (Å²) in [5.74, 6) is 0.689. The van der Waals surface area contributed by atoms with Crippen LogP contribution in [0.5, 0.6) is 5.75 Å². The highest BCUT2D eigenvalue weighted by atomic mass is 32.1. The molecule has 24 heavy (non-hydrogen) atoms. The highest BCUT2D eigenvalue weighted by Gasteiger charge is 2.12. The van der Waals surface area contributed by atoms with Crippen LogP contribution in [0.2, 0.25) is 0 Å². The number of non-ortho nitro benzene ring substituents is 1. The quantitative estimate of drug-likeness (QED) is 0.440. The van der Waals surface area contributed by atoms with E-state index < -0.39 is 4.92 Å². The van der Waals surface area contributed by atoms with Crippen molar-refractivity contribution in [3.8, 4) is 5.75 Å². The van der Waals surface area contributed by atoms with E-state index in [9.17, 15) is 10.1 Å². The molecule has 0 aliphatic carbocycles. The Morgan fingerprint density at radius 1 is 1.21 bits per heavy atom. The molecule has 0 atom stereocenters. The molecule has 0 spiro atoms. The van der Waals surface area contributed by atoms with Gasteiger partial charge in [0, 0.05) is 18.2 Å². The Labute approximate surface area is 138 Å². The molecule has 0 saturated heterocycles. The Kier molecular flexibility index (Phi) is 3.28. The van der Waals surface area contributed by atoms with Crippen LogP contribution in [0.4, 0.5) is 16.8 Å². The second kappa shape index (κ2) is 5.46. The van der Waals surface area contributed by atoms with Crippen molar-refractivity contribution in [2.75, 3.05) is 12.4 Å². The zero-order chi connectivity index (χ0) is 16.7. The molecule has 0 bridgehead atoms. The third kappa shape index (κ3) is 2.50. The summed E-state index contributed by atoms with van der Waals surface area (Å²) in [6, 6.07) is 10.2. The summed E-state index contributed by atoms with van der Waals surface area (Å²) in [4.78, 5) is 19.1. The van der Waals surface area contributed by atoms with Crippen LogP contribution in [0.15, 0.2) is 40.8 Å². The van der Waals surface area contributed by atoms with Crippen molar-refractivity contribution in [3.63, 3.8) is 0 Å². The molecule has 4 aromatic rings. The number of nitrogens with one attached hydrogen (secondary N) is 1. The molecule has 0 fully saturated rings. The lowest BCUT2D eigenvalue weighted by Gasteiger charge is -1.95. The predicted molar refractivity (Wildman–Crippen MR) is 90.1 cm³/mol. The fourth-order valence-electron chi connectivity index (χ4n) is 2.26. The number of oxazole rings is 1. The Balaban J connectivity index is 1.67. The van der Waals surface area contributed by atoms with Crippen molar-refractivity contribution in [1.29, 1.82) is 0 Å². The number of ether oxygens (including phenoxy) is 1. The number of nitrogens with zero attached hydrogens (tertiary/aromatic N) is 3. The lowest BCUT2D eigenvalue weighted by Crippen LogP contribution is -1.88. The lowest BCUT2D eigenvalue weighted by molar-refractivity contribution is -0.384. The van der Waals surface area contributed by atoms with Gasteiger partial charge in [0.2, 0.25) is 0 Å². The van der Waals surface area contributed by atoms with E-state index in [0.29, 0.717) is 38.2 Å². The van der Waals surface area contributed by atoms with E-state index in [1.54, 1.807) is 31.4 Å². The van der Waals surface area contributed by atoms with Crippen LogP contribution in [-0.2, 0) is 0 Å². The molecule has 120 valence electrons. The summed E-state index contributed by atoms with van der Waals surface area (Å²) < 4.78 is 11.5. The largest absolute Gasteiger partial charge is 0.497 e. The van der Waals surface area contributed by atoms with Gasteiger partial charge in [0.15, 0.2) is 10.7 Å². The number of methoxy groups -OCH3 is 1. The molecule has 2 heterocycles. The van der Waals surface area contributed by atoms with Crippen molar-refractivity contribution < 1.29 is 14.1 Å². The molecule has 2 aromatic heterocycles. The van der Waals surface area contributed by atoms with Crippen molar-refractivity contribution in [2.45, 2.75) is 0 Å². The number of thiazole rings is 1. The number of fused-ring (bicyclic) bond motifs is 2. The molecule has 0 radical (unpaired) electrons. The molecule has 9 heteroatoms. The first-order valence-electron chi connectivity index (χ1n) is 6.89. The Hall–Kier alpha value is -3.20. The normalized spacial score (nSPS) is 11.0. The molecule has 2 aromatic carbocycles. The molecule has 1 N–H and O–H groups in total. The maximum absolute atomic E-state index is 10.8. The molecule has 0 aliphatic rings. The highest BCUT2D eigenvalue weighted by molar-refractivity contribution is 7.22. The van der Waals surface area contributed by atoms with Crippen molar-refractivity contribution in [3.05, 3.63) is 46.5 Å². The van der Waals surface area contributed by atoms with Gasteiger partial charge in [-0.25, -0.2) is 4.98 Å². The molecular weight excluding hydrogens is 332 g/mol. The number of nitro groups is 1. The second-order valence-electron chi connectivity index (χ2n) is 4.91. The summed E-state index contributed by atoms with van der Waals surface area (Å²) in [5, 5.41) is 14.4. The Morgan fingerprint density at radius 2 is 2.08 bits per heavy atom. The summed E-state index contributed by atoms with van der Waals surface area (Å²) >= 11 is 1.29. The van der Waals surface area contributed by atoms with Crippen molar-refractivity contribution in [1.82, 2.24) is 9.97 Å². The second-order valence-corrected chi connectivity index (χ2v) is 5.94. The smallest absolute Gasteiger partial charge is 0.302 e. The number of aromatic nitrogens is 2. The lowest BCUT2D eigenvalue weighted by atomic mass is 10.3. The molecule has 0 amide bonds. The van der Waals surface area contributed by atoms with Gasteiger partial charge in [-0.05, 0) is 18.2 Å². The summed E-state index contributed by atoms with van der Waals surface area (Å²) in [6.45, 7) is 0. The van der Waals surface area contributed by atoms with Gasteiger partial charge < -0.3 is 9.15 Å². The molecule has 0 saturated carbocycles. The van der Waals surface area contributed by atoms with Crippen LogP contribution in [0, 0.1) is 10.1 Å². The summed E-state index contributed by atoms with van der Waals surface area (Å²) in [7, 11) is 1.58. The molecule has 0 aliphatic heterocycles. The summed E-state index contributed by atoms with van der Waals surface area (Å²) in [6.07, 6.45) is 0. The first-order chi connectivity index (χ1) is 11.6. The third-order valence-electron chi connectivity index (χ3n) is 3.39. The zero-order valence-electron chi connectivity index (χ0n) is 12.3. The van der Waals surface area contributed by atoms with E-state index in [0.717, 1.165) is 0 Å². The van der Waals surface area contributed by atoms with Gasteiger partial charge in [-0.1, -0.05) is 11.3 Å². The number of anilines is 2. The predicted octanol–water partition coefficient (Wildman–Crippen LogP) is 4.10. The van der Waals surface area contributed by atoms with E-state index in [2.05, 4.69) is 15.3 Å². The molecular formula is C15H10N4O4S. The van der Waals surface area contributed by atoms with Gasteiger partial charge in [-0.15, -0.1) is 0 Å². The van der Waals surface area contributed by atoms with E-state index in [1.165, 1.54) is 23.5 Å². The minimum Gasteiger partial charge on any atom is -0.497 e. The van der Waals surface area contributed by atoms with Crippen LogP contribution >= 0.6 is 11.3 Å². The molecule has 8 nitrogen and oxygen atoms in total. The standard InChI is InChI=1S/C15H10N4O4S/c1-22-9-3-5-12-11(7-9)16-14(23-12)18-15-17-10-4-2-8(19(20)21)6-13(10)24-15/h2-7H,1H3,(H,16,17,18). The first kappa shape index (κ1) is 14.4. The minimum absolute atomic E-state index is 0.0339. The fourth-order valence-corrected chi connectivity index (χ4v) is 3.15.